The van der Waals surface area contributed by atoms with E-state index in [0.29, 0.717) is 5.75 Å². The molecule has 0 aliphatic heterocycles. The fourth-order valence-electron chi connectivity index (χ4n) is 1.78. The molecule has 6 heteroatoms. The molecule has 22 heavy (non-hydrogen) atoms. The molecule has 0 radical (unpaired) electrons. The van der Waals surface area contributed by atoms with Crippen LogP contribution in [0.1, 0.15) is 25.0 Å². The smallest absolute Gasteiger partial charge is 0.417 e. The van der Waals surface area contributed by atoms with Gasteiger partial charge in [0.15, 0.2) is 0 Å². The standard InChI is InChI=1S/C16H16F3NO2/c1-15(2,21-3)11-5-4-6-13(9-11)22-14-8-7-12(10-20-14)16(17,18)19/h4-10H,1-3H3. The summed E-state index contributed by atoms with van der Waals surface area (Å²) in [4.78, 5) is 3.68. The summed E-state index contributed by atoms with van der Waals surface area (Å²) in [5, 5.41) is 0. The first-order chi connectivity index (χ1) is 10.2. The number of pyridine rings is 1. The van der Waals surface area contributed by atoms with Crippen LogP contribution in [0.5, 0.6) is 11.6 Å². The van der Waals surface area contributed by atoms with Crippen molar-refractivity contribution in [2.75, 3.05) is 7.11 Å². The van der Waals surface area contributed by atoms with E-state index in [4.69, 9.17) is 9.47 Å². The van der Waals surface area contributed by atoms with Crippen LogP contribution in [0.2, 0.25) is 0 Å². The third kappa shape index (κ3) is 3.76. The highest BCUT2D eigenvalue weighted by atomic mass is 19.4. The van der Waals surface area contributed by atoms with Gasteiger partial charge in [0.2, 0.25) is 5.88 Å². The van der Waals surface area contributed by atoms with Gasteiger partial charge in [-0.05, 0) is 37.6 Å². The first-order valence-corrected chi connectivity index (χ1v) is 6.59. The summed E-state index contributed by atoms with van der Waals surface area (Å²) in [6, 6.07) is 9.27. The van der Waals surface area contributed by atoms with E-state index in [2.05, 4.69) is 4.98 Å². The van der Waals surface area contributed by atoms with Gasteiger partial charge in [-0.1, -0.05) is 12.1 Å². The number of benzene rings is 1. The third-order valence-electron chi connectivity index (χ3n) is 3.33. The molecule has 0 aliphatic carbocycles. The zero-order valence-corrected chi connectivity index (χ0v) is 12.4. The minimum atomic E-state index is -4.41. The Balaban J connectivity index is 2.19. The van der Waals surface area contributed by atoms with Crippen LogP contribution >= 0.6 is 0 Å². The van der Waals surface area contributed by atoms with Crippen molar-refractivity contribution in [1.82, 2.24) is 4.98 Å². The van der Waals surface area contributed by atoms with E-state index >= 15 is 0 Å². The lowest BCUT2D eigenvalue weighted by Gasteiger charge is -2.23. The minimum Gasteiger partial charge on any atom is -0.439 e. The number of halogens is 3. The number of methoxy groups -OCH3 is 1. The maximum Gasteiger partial charge on any atom is 0.417 e. The lowest BCUT2D eigenvalue weighted by atomic mass is 9.98. The van der Waals surface area contributed by atoms with Gasteiger partial charge in [0.1, 0.15) is 5.75 Å². The molecule has 0 amide bonds. The van der Waals surface area contributed by atoms with Crippen LogP contribution in [0.25, 0.3) is 0 Å². The average Bonchev–Trinajstić information content (AvgIpc) is 2.47. The van der Waals surface area contributed by atoms with Gasteiger partial charge in [-0.25, -0.2) is 4.98 Å². The molecule has 0 unspecified atom stereocenters. The molecule has 1 aromatic carbocycles. The van der Waals surface area contributed by atoms with Gasteiger partial charge in [-0.3, -0.25) is 0 Å². The summed E-state index contributed by atoms with van der Waals surface area (Å²) in [7, 11) is 1.60. The summed E-state index contributed by atoms with van der Waals surface area (Å²) < 4.78 is 48.3. The normalized spacial score (nSPS) is 12.3. The molecular weight excluding hydrogens is 295 g/mol. The Bertz CT molecular complexity index is 637. The van der Waals surface area contributed by atoms with Crippen LogP contribution in [0.3, 0.4) is 0 Å². The second-order valence-corrected chi connectivity index (χ2v) is 5.23. The fraction of sp³-hybridized carbons (Fsp3) is 0.312. The quantitative estimate of drug-likeness (QED) is 0.814. The van der Waals surface area contributed by atoms with Crippen LogP contribution in [0.15, 0.2) is 42.6 Å². The molecule has 2 rings (SSSR count). The SMILES string of the molecule is COC(C)(C)c1cccc(Oc2ccc(C(F)(F)F)cn2)c1. The molecule has 2 aromatic rings. The van der Waals surface area contributed by atoms with Crippen molar-refractivity contribution in [1.29, 1.82) is 0 Å². The number of ether oxygens (including phenoxy) is 2. The van der Waals surface area contributed by atoms with Gasteiger partial charge in [0, 0.05) is 19.4 Å². The van der Waals surface area contributed by atoms with E-state index in [1.54, 1.807) is 25.3 Å². The molecule has 118 valence electrons. The lowest BCUT2D eigenvalue weighted by molar-refractivity contribution is -0.137. The van der Waals surface area contributed by atoms with Crippen LogP contribution in [-0.4, -0.2) is 12.1 Å². The number of alkyl halides is 3. The summed E-state index contributed by atoms with van der Waals surface area (Å²) in [6.07, 6.45) is -3.66. The molecule has 0 fully saturated rings. The maximum absolute atomic E-state index is 12.5. The van der Waals surface area contributed by atoms with Crippen LogP contribution < -0.4 is 4.74 Å². The van der Waals surface area contributed by atoms with Crippen molar-refractivity contribution in [3.8, 4) is 11.6 Å². The average molecular weight is 311 g/mol. The monoisotopic (exact) mass is 311 g/mol. The Kier molecular flexibility index (Phi) is 4.42. The summed E-state index contributed by atoms with van der Waals surface area (Å²) >= 11 is 0. The van der Waals surface area contributed by atoms with E-state index < -0.39 is 17.3 Å². The van der Waals surface area contributed by atoms with Gasteiger partial charge >= 0.3 is 6.18 Å². The zero-order chi connectivity index (χ0) is 16.4. The first kappa shape index (κ1) is 16.3. The van der Waals surface area contributed by atoms with E-state index in [9.17, 15) is 13.2 Å². The Labute approximate surface area is 126 Å². The fourth-order valence-corrected chi connectivity index (χ4v) is 1.78. The summed E-state index contributed by atoms with van der Waals surface area (Å²) in [5.74, 6) is 0.579. The molecule has 1 heterocycles. The van der Waals surface area contributed by atoms with E-state index in [1.165, 1.54) is 6.07 Å². The molecule has 0 atom stereocenters. The molecule has 3 nitrogen and oxygen atoms in total. The van der Waals surface area contributed by atoms with Gasteiger partial charge in [0.05, 0.1) is 11.2 Å². The topological polar surface area (TPSA) is 31.4 Å². The lowest BCUT2D eigenvalue weighted by Crippen LogP contribution is -2.19. The van der Waals surface area contributed by atoms with Crippen LogP contribution in [-0.2, 0) is 16.5 Å². The van der Waals surface area contributed by atoms with E-state index in [-0.39, 0.29) is 5.88 Å². The van der Waals surface area contributed by atoms with Crippen LogP contribution in [0, 0.1) is 0 Å². The maximum atomic E-state index is 12.5. The molecule has 0 saturated heterocycles. The number of hydrogen-bond acceptors (Lipinski definition) is 3. The van der Waals surface area contributed by atoms with Crippen LogP contribution in [0.4, 0.5) is 13.2 Å². The predicted octanol–water partition coefficient (Wildman–Crippen LogP) is 4.77. The van der Waals surface area contributed by atoms with Crippen molar-refractivity contribution >= 4 is 0 Å². The molecule has 0 N–H and O–H groups in total. The Hall–Kier alpha value is -2.08. The van der Waals surface area contributed by atoms with Gasteiger partial charge < -0.3 is 9.47 Å². The molecule has 0 saturated carbocycles. The molecule has 0 bridgehead atoms. The Morgan fingerprint density at radius 1 is 1.00 bits per heavy atom. The highest BCUT2D eigenvalue weighted by Crippen LogP contribution is 2.31. The number of aromatic nitrogens is 1. The first-order valence-electron chi connectivity index (χ1n) is 6.59. The van der Waals surface area contributed by atoms with Gasteiger partial charge in [-0.15, -0.1) is 0 Å². The number of nitrogens with zero attached hydrogens (tertiary/aromatic N) is 1. The number of rotatable bonds is 4. The number of hydrogen-bond donors (Lipinski definition) is 0. The van der Waals surface area contributed by atoms with Gasteiger partial charge in [0.25, 0.3) is 0 Å². The van der Waals surface area contributed by atoms with Gasteiger partial charge in [-0.2, -0.15) is 13.2 Å². The van der Waals surface area contributed by atoms with Crippen molar-refractivity contribution in [2.45, 2.75) is 25.6 Å². The highest BCUT2D eigenvalue weighted by Gasteiger charge is 2.30. The predicted molar refractivity (Wildman–Crippen MR) is 75.8 cm³/mol. The largest absolute Gasteiger partial charge is 0.439 e. The Morgan fingerprint density at radius 3 is 2.27 bits per heavy atom. The van der Waals surface area contributed by atoms with E-state index in [1.807, 2.05) is 19.9 Å². The van der Waals surface area contributed by atoms with Crippen molar-refractivity contribution in [3.05, 3.63) is 53.7 Å². The third-order valence-corrected chi connectivity index (χ3v) is 3.33. The van der Waals surface area contributed by atoms with E-state index in [0.717, 1.165) is 17.8 Å². The zero-order valence-electron chi connectivity index (χ0n) is 12.4. The minimum absolute atomic E-state index is 0.0976. The van der Waals surface area contributed by atoms with Crippen molar-refractivity contribution < 1.29 is 22.6 Å². The summed E-state index contributed by atoms with van der Waals surface area (Å²) in [5.41, 5.74) is -0.416. The molecule has 0 aliphatic rings. The summed E-state index contributed by atoms with van der Waals surface area (Å²) in [6.45, 7) is 3.81. The Morgan fingerprint density at radius 2 is 1.73 bits per heavy atom. The van der Waals surface area contributed by atoms with Crippen molar-refractivity contribution in [2.24, 2.45) is 0 Å². The second-order valence-electron chi connectivity index (χ2n) is 5.23. The van der Waals surface area contributed by atoms with Crippen molar-refractivity contribution in [3.63, 3.8) is 0 Å². The second kappa shape index (κ2) is 5.96. The molecular formula is C16H16F3NO2. The highest BCUT2D eigenvalue weighted by molar-refractivity contribution is 5.34. The molecule has 0 spiro atoms. The molecule has 1 aromatic heterocycles.